The SMILES string of the molecule is CC(=O)Oc1c2ccccc2c(O)c2c(=O)n3c(nc12)CCCC3. The number of phenols is 1. The second-order valence-electron chi connectivity index (χ2n) is 5.98. The largest absolute Gasteiger partial charge is 0.506 e. The van der Waals surface area contributed by atoms with E-state index in [1.807, 2.05) is 0 Å². The fourth-order valence-corrected chi connectivity index (χ4v) is 3.35. The number of carbonyl (C=O) groups is 1. The molecular formula is C18H16N2O4. The number of carbonyl (C=O) groups excluding carboxylic acids is 1. The average Bonchev–Trinajstić information content (AvgIpc) is 2.58. The fraction of sp³-hybridized carbons (Fsp3) is 0.278. The molecule has 6 heteroatoms. The third kappa shape index (κ3) is 2.06. The van der Waals surface area contributed by atoms with Crippen LogP contribution in [-0.2, 0) is 17.8 Å². The highest BCUT2D eigenvalue weighted by Crippen LogP contribution is 2.40. The van der Waals surface area contributed by atoms with Crippen molar-refractivity contribution in [3.8, 4) is 11.5 Å². The molecule has 0 radical (unpaired) electrons. The third-order valence-corrected chi connectivity index (χ3v) is 4.40. The van der Waals surface area contributed by atoms with Gasteiger partial charge in [-0.2, -0.15) is 0 Å². The normalized spacial score (nSPS) is 13.9. The minimum absolute atomic E-state index is 0.107. The van der Waals surface area contributed by atoms with Crippen molar-refractivity contribution in [2.75, 3.05) is 0 Å². The lowest BCUT2D eigenvalue weighted by molar-refractivity contribution is -0.131. The molecule has 0 saturated heterocycles. The van der Waals surface area contributed by atoms with E-state index >= 15 is 0 Å². The zero-order chi connectivity index (χ0) is 16.8. The Bertz CT molecular complexity index is 1050. The number of benzene rings is 2. The molecule has 0 fully saturated rings. The summed E-state index contributed by atoms with van der Waals surface area (Å²) in [6.45, 7) is 1.89. The molecule has 0 atom stereocenters. The number of fused-ring (bicyclic) bond motifs is 3. The molecule has 2 heterocycles. The van der Waals surface area contributed by atoms with Crippen LogP contribution in [0.2, 0.25) is 0 Å². The zero-order valence-corrected chi connectivity index (χ0v) is 13.2. The van der Waals surface area contributed by atoms with Crippen molar-refractivity contribution in [3.63, 3.8) is 0 Å². The minimum Gasteiger partial charge on any atom is -0.506 e. The van der Waals surface area contributed by atoms with E-state index in [0.717, 1.165) is 12.8 Å². The smallest absolute Gasteiger partial charge is 0.308 e. The lowest BCUT2D eigenvalue weighted by Gasteiger charge is -2.19. The van der Waals surface area contributed by atoms with Crippen molar-refractivity contribution < 1.29 is 14.6 Å². The van der Waals surface area contributed by atoms with Crippen LogP contribution < -0.4 is 10.3 Å². The van der Waals surface area contributed by atoms with Gasteiger partial charge in [-0.25, -0.2) is 4.98 Å². The summed E-state index contributed by atoms with van der Waals surface area (Å²) in [6, 6.07) is 6.98. The van der Waals surface area contributed by atoms with Gasteiger partial charge in [-0.1, -0.05) is 24.3 Å². The van der Waals surface area contributed by atoms with E-state index in [0.29, 0.717) is 29.6 Å². The summed E-state index contributed by atoms with van der Waals surface area (Å²) >= 11 is 0. The summed E-state index contributed by atoms with van der Waals surface area (Å²) in [5.74, 6) is 0.292. The maximum absolute atomic E-state index is 12.9. The highest BCUT2D eigenvalue weighted by molar-refractivity contribution is 6.09. The quantitative estimate of drug-likeness (QED) is 0.422. The van der Waals surface area contributed by atoms with Gasteiger partial charge in [0, 0.05) is 30.7 Å². The van der Waals surface area contributed by atoms with Crippen molar-refractivity contribution in [1.82, 2.24) is 9.55 Å². The molecule has 0 bridgehead atoms. The van der Waals surface area contributed by atoms with Gasteiger partial charge in [0.2, 0.25) is 0 Å². The van der Waals surface area contributed by atoms with Gasteiger partial charge in [0.1, 0.15) is 22.5 Å². The summed E-state index contributed by atoms with van der Waals surface area (Å²) in [5.41, 5.74) is -0.0362. The second-order valence-corrected chi connectivity index (χ2v) is 5.98. The monoisotopic (exact) mass is 324 g/mol. The number of aromatic nitrogens is 2. The van der Waals surface area contributed by atoms with E-state index in [1.165, 1.54) is 6.92 Å². The number of aryl methyl sites for hydroxylation is 1. The molecule has 2 aromatic carbocycles. The number of hydrogen-bond acceptors (Lipinski definition) is 5. The molecule has 4 rings (SSSR count). The predicted molar refractivity (Wildman–Crippen MR) is 89.4 cm³/mol. The summed E-state index contributed by atoms with van der Waals surface area (Å²) in [7, 11) is 0. The second kappa shape index (κ2) is 5.33. The Morgan fingerprint density at radius 2 is 2.00 bits per heavy atom. The maximum Gasteiger partial charge on any atom is 0.308 e. The lowest BCUT2D eigenvalue weighted by atomic mass is 10.0. The molecule has 0 amide bonds. The van der Waals surface area contributed by atoms with Crippen LogP contribution >= 0.6 is 0 Å². The van der Waals surface area contributed by atoms with Gasteiger partial charge < -0.3 is 9.84 Å². The molecule has 24 heavy (non-hydrogen) atoms. The average molecular weight is 324 g/mol. The Hall–Kier alpha value is -2.89. The van der Waals surface area contributed by atoms with Crippen molar-refractivity contribution in [2.45, 2.75) is 32.7 Å². The minimum atomic E-state index is -0.494. The number of esters is 1. The summed E-state index contributed by atoms with van der Waals surface area (Å²) in [5, 5.41) is 11.8. The number of aromatic hydroxyl groups is 1. The summed E-state index contributed by atoms with van der Waals surface area (Å²) < 4.78 is 6.99. The molecule has 1 N–H and O–H groups in total. The van der Waals surface area contributed by atoms with E-state index in [-0.39, 0.29) is 28.0 Å². The van der Waals surface area contributed by atoms with Crippen LogP contribution in [0.1, 0.15) is 25.6 Å². The predicted octanol–water partition coefficient (Wildman–Crippen LogP) is 2.52. The summed E-state index contributed by atoms with van der Waals surface area (Å²) in [6.07, 6.45) is 2.56. The van der Waals surface area contributed by atoms with Gasteiger partial charge in [-0.3, -0.25) is 14.2 Å². The van der Waals surface area contributed by atoms with Crippen molar-refractivity contribution in [3.05, 3.63) is 40.4 Å². The Labute approximate surface area is 137 Å². The first kappa shape index (κ1) is 14.7. The van der Waals surface area contributed by atoms with E-state index in [2.05, 4.69) is 4.98 Å². The van der Waals surface area contributed by atoms with Crippen LogP contribution in [0, 0.1) is 0 Å². The molecular weight excluding hydrogens is 308 g/mol. The molecule has 1 aromatic heterocycles. The van der Waals surface area contributed by atoms with Crippen LogP contribution in [0.25, 0.3) is 21.7 Å². The zero-order valence-electron chi connectivity index (χ0n) is 13.2. The molecule has 0 aliphatic carbocycles. The topological polar surface area (TPSA) is 81.4 Å². The number of rotatable bonds is 1. The Morgan fingerprint density at radius 1 is 1.25 bits per heavy atom. The van der Waals surface area contributed by atoms with Gasteiger partial charge in [-0.05, 0) is 12.8 Å². The Balaban J connectivity index is 2.23. The van der Waals surface area contributed by atoms with E-state index in [1.54, 1.807) is 28.8 Å². The van der Waals surface area contributed by atoms with Crippen LogP contribution in [-0.4, -0.2) is 20.6 Å². The molecule has 6 nitrogen and oxygen atoms in total. The van der Waals surface area contributed by atoms with Crippen LogP contribution in [0.4, 0.5) is 0 Å². The fourth-order valence-electron chi connectivity index (χ4n) is 3.35. The first-order valence-electron chi connectivity index (χ1n) is 7.93. The Kier molecular flexibility index (Phi) is 3.26. The third-order valence-electron chi connectivity index (χ3n) is 4.40. The number of hydrogen-bond donors (Lipinski definition) is 1. The van der Waals surface area contributed by atoms with E-state index in [4.69, 9.17) is 4.74 Å². The van der Waals surface area contributed by atoms with Gasteiger partial charge in [0.25, 0.3) is 5.56 Å². The first-order valence-corrected chi connectivity index (χ1v) is 7.93. The molecule has 1 aliphatic heterocycles. The molecule has 0 unspecified atom stereocenters. The molecule has 3 aromatic rings. The summed E-state index contributed by atoms with van der Waals surface area (Å²) in [4.78, 5) is 29.0. The van der Waals surface area contributed by atoms with Crippen LogP contribution in [0.15, 0.2) is 29.1 Å². The van der Waals surface area contributed by atoms with Gasteiger partial charge in [0.15, 0.2) is 5.75 Å². The van der Waals surface area contributed by atoms with E-state index in [9.17, 15) is 14.7 Å². The highest BCUT2D eigenvalue weighted by Gasteiger charge is 2.23. The molecule has 1 aliphatic rings. The van der Waals surface area contributed by atoms with E-state index < -0.39 is 5.97 Å². The van der Waals surface area contributed by atoms with Crippen molar-refractivity contribution in [2.24, 2.45) is 0 Å². The van der Waals surface area contributed by atoms with Crippen LogP contribution in [0.5, 0.6) is 11.5 Å². The van der Waals surface area contributed by atoms with Crippen molar-refractivity contribution in [1.29, 1.82) is 0 Å². The van der Waals surface area contributed by atoms with Crippen LogP contribution in [0.3, 0.4) is 0 Å². The lowest BCUT2D eigenvalue weighted by Crippen LogP contribution is -2.28. The molecule has 0 spiro atoms. The van der Waals surface area contributed by atoms with Crippen molar-refractivity contribution >= 4 is 27.6 Å². The molecule has 0 saturated carbocycles. The highest BCUT2D eigenvalue weighted by atomic mass is 16.5. The van der Waals surface area contributed by atoms with Gasteiger partial charge in [0.05, 0.1) is 0 Å². The van der Waals surface area contributed by atoms with Gasteiger partial charge in [-0.15, -0.1) is 0 Å². The molecule has 122 valence electrons. The van der Waals surface area contributed by atoms with Gasteiger partial charge >= 0.3 is 5.97 Å². The maximum atomic E-state index is 12.9. The number of ether oxygens (including phenoxy) is 1. The number of nitrogens with zero attached hydrogens (tertiary/aromatic N) is 2. The Morgan fingerprint density at radius 3 is 2.75 bits per heavy atom. The first-order chi connectivity index (χ1) is 11.6. The number of phenolic OH excluding ortho intramolecular Hbond substituents is 1. The standard InChI is InChI=1S/C18H16N2O4/c1-10(21)24-17-12-7-3-2-6-11(12)16(22)14-15(17)19-13-8-4-5-9-20(13)18(14)23/h2-3,6-7,22H,4-5,8-9H2,1H3.